The van der Waals surface area contributed by atoms with E-state index in [9.17, 15) is 23.2 Å². The van der Waals surface area contributed by atoms with E-state index in [2.05, 4.69) is 11.3 Å². The summed E-state index contributed by atoms with van der Waals surface area (Å²) in [7, 11) is 1.26. The van der Waals surface area contributed by atoms with E-state index >= 15 is 0 Å². The van der Waals surface area contributed by atoms with Gasteiger partial charge in [-0.2, -0.15) is 0 Å². The zero-order chi connectivity index (χ0) is 22.7. The Morgan fingerprint density at radius 3 is 1.97 bits per heavy atom. The van der Waals surface area contributed by atoms with Gasteiger partial charge in [0.2, 0.25) is 0 Å². The van der Waals surface area contributed by atoms with Crippen LogP contribution in [0.15, 0.2) is 61.2 Å². The van der Waals surface area contributed by atoms with Crippen LogP contribution in [0.5, 0.6) is 0 Å². The predicted molar refractivity (Wildman–Crippen MR) is 105 cm³/mol. The molecule has 0 spiro atoms. The Labute approximate surface area is 218 Å². The molecule has 154 valence electrons. The van der Waals surface area contributed by atoms with Crippen LogP contribution in [0, 0.1) is 23.5 Å². The van der Waals surface area contributed by atoms with Gasteiger partial charge in [-0.05, 0) is 31.2 Å². The van der Waals surface area contributed by atoms with E-state index in [1.54, 1.807) is 12.1 Å². The molecule has 0 aliphatic carbocycles. The van der Waals surface area contributed by atoms with Crippen molar-refractivity contribution in [2.75, 3.05) is 7.11 Å². The summed E-state index contributed by atoms with van der Waals surface area (Å²) in [5, 5.41) is 6.25. The molecule has 0 atom stereocenters. The van der Waals surface area contributed by atoms with Crippen LogP contribution in [0.1, 0.15) is 40.5 Å². The molecule has 0 aliphatic rings. The van der Waals surface area contributed by atoms with E-state index < -0.39 is 11.8 Å². The molecule has 0 aliphatic heterocycles. The number of ketones is 1. The largest absolute Gasteiger partial charge is 1.00 e. The monoisotopic (exact) mass is 441 g/mol. The zero-order valence-electron chi connectivity index (χ0n) is 17.2. The minimum absolute atomic E-state index is 0. The topological polar surface area (TPSA) is 84.2 Å². The summed E-state index contributed by atoms with van der Waals surface area (Å²) in [6.45, 7) is 10.0. The van der Waals surface area contributed by atoms with Crippen molar-refractivity contribution in [2.24, 2.45) is 0 Å². The fraction of sp³-hybridized carbons (Fsp3) is 0.182. The summed E-state index contributed by atoms with van der Waals surface area (Å²) in [6, 6.07) is 10.9. The fourth-order valence-corrected chi connectivity index (χ4v) is 1.70. The van der Waals surface area contributed by atoms with Crippen molar-refractivity contribution in [3.63, 3.8) is 0 Å². The summed E-state index contributed by atoms with van der Waals surface area (Å²) in [6.07, 6.45) is 2.42. The van der Waals surface area contributed by atoms with Gasteiger partial charge < -0.3 is 16.6 Å². The average molecular weight is 442 g/mol. The van der Waals surface area contributed by atoms with Crippen molar-refractivity contribution < 1.29 is 79.3 Å². The van der Waals surface area contributed by atoms with Gasteiger partial charge in [0.15, 0.2) is 5.78 Å². The van der Waals surface area contributed by atoms with Crippen molar-refractivity contribution in [3.8, 4) is 0 Å². The fourth-order valence-electron chi connectivity index (χ4n) is 1.70. The molecule has 0 N–H and O–H groups in total. The van der Waals surface area contributed by atoms with Crippen molar-refractivity contribution in [1.29, 1.82) is 5.26 Å². The van der Waals surface area contributed by atoms with Crippen LogP contribution in [0.4, 0.5) is 8.78 Å². The minimum atomic E-state index is -0.459. The summed E-state index contributed by atoms with van der Waals surface area (Å²) in [5.41, 5.74) is 0.647. The van der Waals surface area contributed by atoms with E-state index in [1.807, 2.05) is 6.92 Å². The Bertz CT molecular complexity index is 810. The quantitative estimate of drug-likeness (QED) is 0.177. The summed E-state index contributed by atoms with van der Waals surface area (Å²) < 4.78 is 29.3. The van der Waals surface area contributed by atoms with Crippen LogP contribution in [-0.4, -0.2) is 25.1 Å². The van der Waals surface area contributed by atoms with Crippen molar-refractivity contribution in [3.05, 3.63) is 90.5 Å². The zero-order valence-corrected chi connectivity index (χ0v) is 20.4. The normalized spacial score (nSPS) is 8.07. The maximum absolute atomic E-state index is 12.7. The van der Waals surface area contributed by atoms with Crippen molar-refractivity contribution >= 4 is 18.0 Å². The molecule has 0 radical (unpaired) electrons. The van der Waals surface area contributed by atoms with Crippen molar-refractivity contribution in [2.45, 2.75) is 19.8 Å². The second-order valence-corrected chi connectivity index (χ2v) is 5.09. The number of benzene rings is 2. The van der Waals surface area contributed by atoms with E-state index in [-0.39, 0.29) is 81.4 Å². The Balaban J connectivity index is -0.000000415. The van der Waals surface area contributed by atoms with Gasteiger partial charge >= 0.3 is 57.4 Å². The maximum Gasteiger partial charge on any atom is 1.00 e. The molecule has 0 heterocycles. The summed E-state index contributed by atoms with van der Waals surface area (Å²) >= 11 is 0. The Hall–Kier alpha value is -2.02. The van der Waals surface area contributed by atoms with Crippen LogP contribution in [-0.2, 0) is 9.53 Å². The number of carbonyl (C=O) groups excluding carboxylic acids is 3. The minimum Gasteiger partial charge on any atom is -0.512 e. The molecule has 2 rings (SSSR count). The number of hydrogen-bond donors (Lipinski definition) is 0. The van der Waals surface area contributed by atoms with Gasteiger partial charge in [-0.15, -0.1) is 6.58 Å². The number of nitrogens with zero attached hydrogens (tertiary/aromatic N) is 1. The molecule has 2 aromatic carbocycles. The number of ether oxygens (including phenoxy) is 1. The molecule has 0 aromatic heterocycles. The van der Waals surface area contributed by atoms with Gasteiger partial charge in [-0.1, -0.05) is 30.3 Å². The van der Waals surface area contributed by atoms with Crippen molar-refractivity contribution in [1.82, 2.24) is 0 Å². The molecule has 0 saturated heterocycles. The Kier molecular flexibility index (Phi) is 23.6. The number of Topliss-reactive ketones (excluding diaryl/α,β-unsaturated/α-hetero) is 1. The Morgan fingerprint density at radius 2 is 1.57 bits per heavy atom. The smallest absolute Gasteiger partial charge is 0.512 e. The van der Waals surface area contributed by atoms with Gasteiger partial charge in [0.05, 0.1) is 13.5 Å². The van der Waals surface area contributed by atoms with Gasteiger partial charge in [0, 0.05) is 17.5 Å². The molecule has 2 aromatic rings. The van der Waals surface area contributed by atoms with E-state index in [0.29, 0.717) is 11.8 Å². The van der Waals surface area contributed by atoms with Gasteiger partial charge in [-0.25, -0.2) is 8.78 Å². The molecule has 30 heavy (non-hydrogen) atoms. The first-order chi connectivity index (χ1) is 13.9. The number of hydrogen-bond acceptors (Lipinski definition) is 5. The van der Waals surface area contributed by atoms with Gasteiger partial charge in [0.25, 0.3) is 0 Å². The molecule has 0 bridgehead atoms. The number of methoxy groups -OCH3 is 1. The second-order valence-electron chi connectivity index (χ2n) is 5.09. The first kappa shape index (κ1) is 32.6. The van der Waals surface area contributed by atoms with E-state index in [4.69, 9.17) is 11.8 Å². The number of allylic oxidation sites excluding steroid dienone is 1. The van der Waals surface area contributed by atoms with Crippen LogP contribution in [0.3, 0.4) is 0 Å². The molecule has 8 heteroatoms. The summed E-state index contributed by atoms with van der Waals surface area (Å²) in [4.78, 5) is 32.2. The number of halogens is 2. The molecule has 5 nitrogen and oxygen atoms in total. The van der Waals surface area contributed by atoms with E-state index in [0.717, 1.165) is 6.07 Å². The standard InChI is InChI=1S/C11H11FO3.C7H5FO.C3H6.CN.K/c1-15-11(14)6-5-10(13)8-3-2-4-9(12)7-8;8-7-3-1-2-6(4-7)5-9;1-3-2;1-2;/h2-4,7H,5-6H2,1H3;1-5H;3H,1H2,2H3;;/q;;;-1;+1. The molecule has 0 unspecified atom stereocenters. The number of aldehydes is 1. The average Bonchev–Trinajstić information content (AvgIpc) is 2.74. The van der Waals surface area contributed by atoms with Gasteiger partial charge in [-0.3, -0.25) is 14.4 Å². The van der Waals surface area contributed by atoms with Crippen LogP contribution < -0.4 is 51.4 Å². The number of esters is 1. The predicted octanol–water partition coefficient (Wildman–Crippen LogP) is 1.89. The molecule has 0 fully saturated rings. The first-order valence-electron chi connectivity index (χ1n) is 8.23. The SMILES string of the molecule is C=CC.COC(=O)CCC(=O)c1cccc(F)c1.O=Cc1cccc(F)c1.[C-]#N.[K+]. The summed E-state index contributed by atoms with van der Waals surface area (Å²) in [5.74, 6) is -1.54. The number of rotatable bonds is 5. The molecular weight excluding hydrogens is 419 g/mol. The van der Waals surface area contributed by atoms with Crippen LogP contribution in [0.2, 0.25) is 0 Å². The van der Waals surface area contributed by atoms with Crippen LogP contribution >= 0.6 is 0 Å². The third kappa shape index (κ3) is 16.9. The molecule has 0 saturated carbocycles. The third-order valence-electron chi connectivity index (χ3n) is 2.92. The third-order valence-corrected chi connectivity index (χ3v) is 2.92. The second kappa shape index (κ2) is 21.7. The van der Waals surface area contributed by atoms with Crippen LogP contribution in [0.25, 0.3) is 0 Å². The molecule has 0 amide bonds. The van der Waals surface area contributed by atoms with E-state index in [1.165, 1.54) is 43.5 Å². The molecular formula is C22H22F2KNO4. The maximum atomic E-state index is 12.7. The Morgan fingerprint density at radius 1 is 1.07 bits per heavy atom. The number of carbonyl (C=O) groups is 3. The first-order valence-corrected chi connectivity index (χ1v) is 8.23. The van der Waals surface area contributed by atoms with Gasteiger partial charge in [0.1, 0.15) is 17.9 Å².